The first-order valence-corrected chi connectivity index (χ1v) is 11.3. The van der Waals surface area contributed by atoms with Gasteiger partial charge in [0.2, 0.25) is 0 Å². The molecule has 1 amide bonds. The third-order valence-electron chi connectivity index (χ3n) is 6.85. The number of benzene rings is 1. The summed E-state index contributed by atoms with van der Waals surface area (Å²) in [5, 5.41) is 0.475. The van der Waals surface area contributed by atoms with Gasteiger partial charge in [-0.3, -0.25) is 9.69 Å². The summed E-state index contributed by atoms with van der Waals surface area (Å²) < 4.78 is 0. The second kappa shape index (κ2) is 7.48. The zero-order valence-electron chi connectivity index (χ0n) is 16.2. The molecule has 2 bridgehead atoms. The van der Waals surface area contributed by atoms with Gasteiger partial charge >= 0.3 is 0 Å². The standard InChI is InChI=1S/C22H28N4OS/c23-22-24-11-20(28-22)21(27)25-12-16-9-17(14-25)19-8-4-7-18(26(19)13-16)10-15-5-2-1-3-6-15/h1-3,5-6,11,16-19H,4,7-10,12-14H2,(H2,23,24)/t16-,17+,18+,19-/m0/s1. The second-order valence-electron chi connectivity index (χ2n) is 8.67. The summed E-state index contributed by atoms with van der Waals surface area (Å²) in [5.74, 6) is 1.30. The van der Waals surface area contributed by atoms with Crippen molar-refractivity contribution in [1.29, 1.82) is 0 Å². The minimum Gasteiger partial charge on any atom is -0.375 e. The van der Waals surface area contributed by atoms with E-state index in [4.69, 9.17) is 5.73 Å². The molecule has 28 heavy (non-hydrogen) atoms. The average molecular weight is 397 g/mol. The van der Waals surface area contributed by atoms with Crippen LogP contribution in [-0.2, 0) is 6.42 Å². The molecule has 2 N–H and O–H groups in total. The fourth-order valence-electron chi connectivity index (χ4n) is 5.73. The van der Waals surface area contributed by atoms with Gasteiger partial charge in [-0.1, -0.05) is 48.1 Å². The van der Waals surface area contributed by atoms with Crippen molar-refractivity contribution in [2.24, 2.45) is 11.8 Å². The van der Waals surface area contributed by atoms with E-state index in [1.54, 1.807) is 6.20 Å². The van der Waals surface area contributed by atoms with Gasteiger partial charge in [0.25, 0.3) is 5.91 Å². The molecule has 0 spiro atoms. The van der Waals surface area contributed by atoms with Crippen LogP contribution < -0.4 is 5.73 Å². The van der Waals surface area contributed by atoms with Gasteiger partial charge in [-0.05, 0) is 43.1 Å². The number of rotatable bonds is 3. The Morgan fingerprint density at radius 1 is 1.18 bits per heavy atom. The van der Waals surface area contributed by atoms with E-state index in [9.17, 15) is 4.79 Å². The number of nitrogens with zero attached hydrogens (tertiary/aromatic N) is 3. The maximum Gasteiger partial charge on any atom is 0.265 e. The number of carbonyl (C=O) groups is 1. The van der Waals surface area contributed by atoms with E-state index in [0.717, 1.165) is 26.1 Å². The van der Waals surface area contributed by atoms with E-state index in [0.29, 0.717) is 33.9 Å². The number of fused-ring (bicyclic) bond motifs is 4. The summed E-state index contributed by atoms with van der Waals surface area (Å²) in [6.07, 6.45) is 7.94. The van der Waals surface area contributed by atoms with Crippen LogP contribution in [0.25, 0.3) is 0 Å². The van der Waals surface area contributed by atoms with Gasteiger partial charge in [0.1, 0.15) is 4.88 Å². The van der Waals surface area contributed by atoms with Crippen LogP contribution in [-0.4, -0.2) is 52.4 Å². The first-order chi connectivity index (χ1) is 13.7. The molecule has 1 aromatic carbocycles. The normalized spacial score (nSPS) is 30.1. The van der Waals surface area contributed by atoms with E-state index in [1.165, 1.54) is 42.6 Å². The molecule has 3 fully saturated rings. The zero-order chi connectivity index (χ0) is 19.1. The summed E-state index contributed by atoms with van der Waals surface area (Å²) in [6, 6.07) is 12.2. The molecule has 5 rings (SSSR count). The molecular formula is C22H28N4OS. The number of carbonyl (C=O) groups excluding carboxylic acids is 1. The van der Waals surface area contributed by atoms with Crippen molar-refractivity contribution in [3.63, 3.8) is 0 Å². The molecule has 2 aromatic rings. The number of nitrogen functional groups attached to an aromatic ring is 1. The van der Waals surface area contributed by atoms with Crippen LogP contribution in [0.3, 0.4) is 0 Å². The summed E-state index contributed by atoms with van der Waals surface area (Å²) in [6.45, 7) is 2.88. The van der Waals surface area contributed by atoms with Gasteiger partial charge < -0.3 is 10.6 Å². The Labute approximate surface area is 170 Å². The van der Waals surface area contributed by atoms with Crippen molar-refractivity contribution in [3.8, 4) is 0 Å². The topological polar surface area (TPSA) is 62.5 Å². The summed E-state index contributed by atoms with van der Waals surface area (Å²) in [5.41, 5.74) is 7.18. The molecule has 3 aliphatic heterocycles. The smallest absolute Gasteiger partial charge is 0.265 e. The van der Waals surface area contributed by atoms with Gasteiger partial charge in [-0.15, -0.1) is 0 Å². The van der Waals surface area contributed by atoms with E-state index >= 15 is 0 Å². The number of aromatic nitrogens is 1. The molecule has 6 heteroatoms. The second-order valence-corrected chi connectivity index (χ2v) is 9.74. The summed E-state index contributed by atoms with van der Waals surface area (Å²) in [7, 11) is 0. The van der Waals surface area contributed by atoms with Crippen LogP contribution in [0.2, 0.25) is 0 Å². The largest absolute Gasteiger partial charge is 0.375 e. The van der Waals surface area contributed by atoms with Gasteiger partial charge in [0.15, 0.2) is 5.13 Å². The highest BCUT2D eigenvalue weighted by Crippen LogP contribution is 2.40. The van der Waals surface area contributed by atoms with Gasteiger partial charge in [0, 0.05) is 31.7 Å². The molecule has 0 radical (unpaired) electrons. The highest BCUT2D eigenvalue weighted by molar-refractivity contribution is 7.17. The van der Waals surface area contributed by atoms with Crippen LogP contribution in [0.15, 0.2) is 36.5 Å². The highest BCUT2D eigenvalue weighted by atomic mass is 32.1. The van der Waals surface area contributed by atoms with Crippen molar-refractivity contribution in [2.45, 2.75) is 44.2 Å². The Bertz CT molecular complexity index is 838. The molecular weight excluding hydrogens is 368 g/mol. The van der Waals surface area contributed by atoms with Gasteiger partial charge in [0.05, 0.1) is 6.20 Å². The lowest BCUT2D eigenvalue weighted by Gasteiger charge is -2.55. The number of piperidine rings is 3. The molecule has 3 saturated heterocycles. The molecule has 0 saturated carbocycles. The van der Waals surface area contributed by atoms with Crippen LogP contribution in [0.5, 0.6) is 0 Å². The summed E-state index contributed by atoms with van der Waals surface area (Å²) >= 11 is 1.31. The first kappa shape index (κ1) is 18.1. The molecule has 5 nitrogen and oxygen atoms in total. The summed E-state index contributed by atoms with van der Waals surface area (Å²) in [4.78, 5) is 22.6. The number of hydrogen-bond acceptors (Lipinski definition) is 5. The van der Waals surface area contributed by atoms with Crippen LogP contribution >= 0.6 is 11.3 Å². The number of likely N-dealkylation sites (tertiary alicyclic amines) is 1. The lowest BCUT2D eigenvalue weighted by Crippen LogP contribution is -2.62. The molecule has 4 heterocycles. The Morgan fingerprint density at radius 2 is 2.04 bits per heavy atom. The molecule has 0 unspecified atom stereocenters. The predicted molar refractivity (Wildman–Crippen MR) is 112 cm³/mol. The minimum absolute atomic E-state index is 0.119. The van der Waals surface area contributed by atoms with E-state index in [2.05, 4.69) is 45.1 Å². The van der Waals surface area contributed by atoms with Crippen molar-refractivity contribution in [2.75, 3.05) is 25.4 Å². The number of amides is 1. The third-order valence-corrected chi connectivity index (χ3v) is 7.67. The van der Waals surface area contributed by atoms with E-state index < -0.39 is 0 Å². The van der Waals surface area contributed by atoms with Crippen molar-refractivity contribution in [1.82, 2.24) is 14.8 Å². The Morgan fingerprint density at radius 3 is 2.82 bits per heavy atom. The fraction of sp³-hybridized carbons (Fsp3) is 0.545. The maximum atomic E-state index is 12.9. The molecule has 4 atom stereocenters. The average Bonchev–Trinajstić information content (AvgIpc) is 3.15. The Balaban J connectivity index is 1.31. The number of hydrogen-bond donors (Lipinski definition) is 1. The van der Waals surface area contributed by atoms with Crippen LogP contribution in [0, 0.1) is 11.8 Å². The van der Waals surface area contributed by atoms with E-state index in [1.807, 2.05) is 0 Å². The number of thiazole rings is 1. The van der Waals surface area contributed by atoms with Crippen molar-refractivity contribution in [3.05, 3.63) is 47.0 Å². The predicted octanol–water partition coefficient (Wildman–Crippen LogP) is 3.28. The number of nitrogens with two attached hydrogens (primary N) is 1. The van der Waals surface area contributed by atoms with E-state index in [-0.39, 0.29) is 5.91 Å². The maximum absolute atomic E-state index is 12.9. The fourth-order valence-corrected chi connectivity index (χ4v) is 6.38. The van der Waals surface area contributed by atoms with Gasteiger partial charge in [-0.2, -0.15) is 0 Å². The van der Waals surface area contributed by atoms with Crippen molar-refractivity contribution >= 4 is 22.4 Å². The monoisotopic (exact) mass is 396 g/mol. The lowest BCUT2D eigenvalue weighted by molar-refractivity contribution is -0.0498. The Kier molecular flexibility index (Phi) is 4.85. The number of anilines is 1. The molecule has 1 aromatic heterocycles. The third kappa shape index (κ3) is 3.44. The molecule has 148 valence electrons. The molecule has 0 aliphatic carbocycles. The van der Waals surface area contributed by atoms with Crippen LogP contribution in [0.1, 0.15) is 40.9 Å². The quantitative estimate of drug-likeness (QED) is 0.865. The minimum atomic E-state index is 0.119. The zero-order valence-corrected chi connectivity index (χ0v) is 17.0. The van der Waals surface area contributed by atoms with Crippen LogP contribution in [0.4, 0.5) is 5.13 Å². The molecule has 3 aliphatic rings. The van der Waals surface area contributed by atoms with Gasteiger partial charge in [-0.25, -0.2) is 4.98 Å². The van der Waals surface area contributed by atoms with Crippen molar-refractivity contribution < 1.29 is 4.79 Å². The first-order valence-electron chi connectivity index (χ1n) is 10.5. The Hall–Kier alpha value is -1.92. The SMILES string of the molecule is Nc1ncc(C(=O)N2C[C@@H]3C[C@H](C2)[C@@H]2CCC[C@H](Cc4ccccc4)N2C3)s1. The lowest BCUT2D eigenvalue weighted by atomic mass is 9.74. The highest BCUT2D eigenvalue weighted by Gasteiger charge is 2.45.